The van der Waals surface area contributed by atoms with Gasteiger partial charge in [0.05, 0.1) is 39.5 Å². The molecule has 0 aliphatic rings. The quantitative estimate of drug-likeness (QED) is 0.358. The van der Waals surface area contributed by atoms with Crippen LogP contribution in [0.1, 0.15) is 16.1 Å². The van der Waals surface area contributed by atoms with E-state index in [2.05, 4.69) is 10.3 Å². The van der Waals surface area contributed by atoms with Crippen LogP contribution >= 0.6 is 11.6 Å². The molecule has 0 saturated heterocycles. The van der Waals surface area contributed by atoms with E-state index in [0.717, 1.165) is 6.07 Å². The van der Waals surface area contributed by atoms with E-state index in [1.807, 2.05) is 0 Å². The third-order valence-corrected chi connectivity index (χ3v) is 4.53. The number of hydrogen-bond donors (Lipinski definition) is 1. The van der Waals surface area contributed by atoms with Gasteiger partial charge in [-0.05, 0) is 37.3 Å². The number of nitrogens with one attached hydrogen (secondary N) is 1. The molecule has 154 valence electrons. The molecule has 0 saturated carbocycles. The summed E-state index contributed by atoms with van der Waals surface area (Å²) < 4.78 is 10.2. The molecule has 3 aromatic rings. The Balaban J connectivity index is 1.71. The van der Waals surface area contributed by atoms with E-state index in [-0.39, 0.29) is 22.0 Å². The topological polar surface area (TPSA) is 121 Å². The largest absolute Gasteiger partial charge is 0.497 e. The van der Waals surface area contributed by atoms with Crippen molar-refractivity contribution in [3.05, 3.63) is 68.9 Å². The first-order chi connectivity index (χ1) is 14.3. The number of esters is 1. The minimum Gasteiger partial charge on any atom is -0.497 e. The number of carbonyl (C=O) groups is 2. The molecule has 0 radical (unpaired) electrons. The molecule has 0 spiro atoms. The molecule has 0 aliphatic heterocycles. The lowest BCUT2D eigenvalue weighted by atomic mass is 10.1. The lowest BCUT2D eigenvalue weighted by Crippen LogP contribution is -2.21. The van der Waals surface area contributed by atoms with Gasteiger partial charge in [-0.1, -0.05) is 11.6 Å². The van der Waals surface area contributed by atoms with Gasteiger partial charge in [-0.25, -0.2) is 4.79 Å². The molecule has 1 heterocycles. The molecule has 3 rings (SSSR count). The van der Waals surface area contributed by atoms with Gasteiger partial charge >= 0.3 is 5.97 Å². The number of ether oxygens (including phenoxy) is 2. The molecular formula is C20H16ClN3O6. The number of pyridine rings is 1. The molecule has 9 nitrogen and oxygen atoms in total. The van der Waals surface area contributed by atoms with E-state index in [0.29, 0.717) is 22.3 Å². The van der Waals surface area contributed by atoms with Crippen molar-refractivity contribution in [2.45, 2.75) is 6.92 Å². The molecule has 2 aromatic carbocycles. The highest BCUT2D eigenvalue weighted by Crippen LogP contribution is 2.27. The number of non-ortho nitro benzene ring substituents is 1. The van der Waals surface area contributed by atoms with Crippen molar-refractivity contribution in [3.8, 4) is 5.75 Å². The molecule has 0 bridgehead atoms. The summed E-state index contributed by atoms with van der Waals surface area (Å²) in [4.78, 5) is 39.2. The molecule has 30 heavy (non-hydrogen) atoms. The van der Waals surface area contributed by atoms with Crippen LogP contribution in [0.15, 0.2) is 42.5 Å². The highest BCUT2D eigenvalue weighted by atomic mass is 35.5. The van der Waals surface area contributed by atoms with Gasteiger partial charge in [0.2, 0.25) is 0 Å². The number of halogens is 1. The van der Waals surface area contributed by atoms with E-state index in [1.165, 1.54) is 19.2 Å². The van der Waals surface area contributed by atoms with E-state index in [4.69, 9.17) is 21.1 Å². The maximum absolute atomic E-state index is 12.4. The number of fused-ring (bicyclic) bond motifs is 1. The number of anilines is 1. The summed E-state index contributed by atoms with van der Waals surface area (Å²) in [7, 11) is 1.53. The van der Waals surface area contributed by atoms with Crippen LogP contribution in [-0.2, 0) is 9.53 Å². The predicted molar refractivity (Wildman–Crippen MR) is 110 cm³/mol. The van der Waals surface area contributed by atoms with Crippen LogP contribution in [0.2, 0.25) is 5.02 Å². The minimum atomic E-state index is -0.731. The average Bonchev–Trinajstić information content (AvgIpc) is 2.72. The fourth-order valence-electron chi connectivity index (χ4n) is 2.70. The number of nitro groups is 1. The second-order valence-electron chi connectivity index (χ2n) is 6.23. The fourth-order valence-corrected chi connectivity index (χ4v) is 2.87. The van der Waals surface area contributed by atoms with Gasteiger partial charge in [0, 0.05) is 17.5 Å². The van der Waals surface area contributed by atoms with Crippen LogP contribution < -0.4 is 10.1 Å². The summed E-state index contributed by atoms with van der Waals surface area (Å²) in [5, 5.41) is 14.0. The summed E-state index contributed by atoms with van der Waals surface area (Å²) in [6, 6.07) is 10.5. The number of aromatic nitrogens is 1. The SMILES string of the molecule is COc1ccc2nc(C)c(C(=O)OCC(=O)Nc3cc([N+](=O)[O-])ccc3Cl)cc2c1. The number of amides is 1. The highest BCUT2D eigenvalue weighted by Gasteiger charge is 2.17. The molecule has 0 atom stereocenters. The number of methoxy groups -OCH3 is 1. The maximum Gasteiger partial charge on any atom is 0.340 e. The van der Waals surface area contributed by atoms with Crippen molar-refractivity contribution in [3.63, 3.8) is 0 Å². The molecule has 0 unspecified atom stereocenters. The Morgan fingerprint density at radius 3 is 2.67 bits per heavy atom. The lowest BCUT2D eigenvalue weighted by Gasteiger charge is -2.10. The number of carbonyl (C=O) groups excluding carboxylic acids is 2. The lowest BCUT2D eigenvalue weighted by molar-refractivity contribution is -0.384. The molecule has 1 aromatic heterocycles. The number of nitro benzene ring substituents is 1. The molecule has 10 heteroatoms. The van der Waals surface area contributed by atoms with Crippen molar-refractivity contribution in [1.29, 1.82) is 0 Å². The standard InChI is InChI=1S/C20H16ClN3O6/c1-11-15(8-12-7-14(29-2)4-6-17(12)22-11)20(26)30-10-19(25)23-18-9-13(24(27)28)3-5-16(18)21/h3-9H,10H2,1-2H3,(H,23,25). The zero-order valence-corrected chi connectivity index (χ0v) is 16.7. The van der Waals surface area contributed by atoms with E-state index < -0.39 is 23.4 Å². The maximum atomic E-state index is 12.4. The van der Waals surface area contributed by atoms with Crippen molar-refractivity contribution in [2.24, 2.45) is 0 Å². The Hall–Kier alpha value is -3.72. The summed E-state index contributed by atoms with van der Waals surface area (Å²) >= 11 is 5.94. The average molecular weight is 430 g/mol. The van der Waals surface area contributed by atoms with Gasteiger partial charge in [0.25, 0.3) is 11.6 Å². The second-order valence-corrected chi connectivity index (χ2v) is 6.63. The highest BCUT2D eigenvalue weighted by molar-refractivity contribution is 6.33. The van der Waals surface area contributed by atoms with E-state index >= 15 is 0 Å². The Morgan fingerprint density at radius 1 is 1.20 bits per heavy atom. The summed E-state index contributed by atoms with van der Waals surface area (Å²) in [5.41, 5.74) is 1.14. The monoisotopic (exact) mass is 429 g/mol. The Bertz CT molecular complexity index is 1160. The first kappa shape index (κ1) is 21.0. The zero-order valence-electron chi connectivity index (χ0n) is 16.0. The van der Waals surface area contributed by atoms with Gasteiger partial charge < -0.3 is 14.8 Å². The van der Waals surface area contributed by atoms with Crippen LogP contribution in [-0.4, -0.2) is 35.5 Å². The number of aryl methyl sites for hydroxylation is 1. The number of hydrogen-bond acceptors (Lipinski definition) is 7. The normalized spacial score (nSPS) is 10.5. The van der Waals surface area contributed by atoms with Crippen molar-refractivity contribution >= 4 is 45.8 Å². The fraction of sp³-hybridized carbons (Fsp3) is 0.150. The van der Waals surface area contributed by atoms with Crippen LogP contribution in [0.5, 0.6) is 5.75 Å². The van der Waals surface area contributed by atoms with Crippen LogP contribution in [0.4, 0.5) is 11.4 Å². The van der Waals surface area contributed by atoms with Gasteiger partial charge in [-0.2, -0.15) is 0 Å². The Labute approximate surface area is 175 Å². The van der Waals surface area contributed by atoms with E-state index in [9.17, 15) is 19.7 Å². The summed E-state index contributed by atoms with van der Waals surface area (Å²) in [6.45, 7) is 1.05. The minimum absolute atomic E-state index is 0.0440. The zero-order chi connectivity index (χ0) is 21.8. The van der Waals surface area contributed by atoms with Gasteiger partial charge in [0.1, 0.15) is 5.75 Å². The molecule has 1 amide bonds. The van der Waals surface area contributed by atoms with Crippen LogP contribution in [0, 0.1) is 17.0 Å². The van der Waals surface area contributed by atoms with Crippen LogP contribution in [0.25, 0.3) is 10.9 Å². The van der Waals surface area contributed by atoms with Crippen molar-refractivity contribution in [1.82, 2.24) is 4.98 Å². The molecule has 0 aliphatic carbocycles. The predicted octanol–water partition coefficient (Wildman–Crippen LogP) is 3.91. The van der Waals surface area contributed by atoms with Gasteiger partial charge in [0.15, 0.2) is 6.61 Å². The summed E-state index contributed by atoms with van der Waals surface area (Å²) in [6.07, 6.45) is 0. The number of benzene rings is 2. The Morgan fingerprint density at radius 2 is 1.97 bits per heavy atom. The first-order valence-electron chi connectivity index (χ1n) is 8.65. The van der Waals surface area contributed by atoms with Crippen molar-refractivity contribution < 1.29 is 24.0 Å². The second kappa shape index (κ2) is 8.75. The first-order valence-corrected chi connectivity index (χ1v) is 9.02. The molecule has 1 N–H and O–H groups in total. The van der Waals surface area contributed by atoms with Crippen molar-refractivity contribution in [2.75, 3.05) is 19.0 Å². The van der Waals surface area contributed by atoms with Gasteiger partial charge in [-0.15, -0.1) is 0 Å². The smallest absolute Gasteiger partial charge is 0.340 e. The van der Waals surface area contributed by atoms with Crippen LogP contribution in [0.3, 0.4) is 0 Å². The van der Waals surface area contributed by atoms with E-state index in [1.54, 1.807) is 31.2 Å². The molecule has 0 fully saturated rings. The third kappa shape index (κ3) is 4.64. The third-order valence-electron chi connectivity index (χ3n) is 4.20. The summed E-state index contributed by atoms with van der Waals surface area (Å²) in [5.74, 6) is -0.815. The number of rotatable bonds is 6. The number of nitrogens with zero attached hydrogens (tertiary/aromatic N) is 2. The van der Waals surface area contributed by atoms with Gasteiger partial charge in [-0.3, -0.25) is 19.9 Å². The Kier molecular flexibility index (Phi) is 6.12. The molecular weight excluding hydrogens is 414 g/mol.